The third-order valence-electron chi connectivity index (χ3n) is 3.61. The van der Waals surface area contributed by atoms with Gasteiger partial charge in [-0.1, -0.05) is 6.08 Å². The van der Waals surface area contributed by atoms with Gasteiger partial charge in [-0.15, -0.1) is 17.9 Å². The number of benzene rings is 1. The van der Waals surface area contributed by atoms with Crippen LogP contribution in [0.25, 0.3) is 10.1 Å². The number of carbonyl (C=O) groups is 2. The molecule has 23 heavy (non-hydrogen) atoms. The van der Waals surface area contributed by atoms with E-state index in [4.69, 9.17) is 4.74 Å². The summed E-state index contributed by atoms with van der Waals surface area (Å²) in [5.41, 5.74) is 0.828. The van der Waals surface area contributed by atoms with E-state index in [1.54, 1.807) is 13.2 Å². The SMILES string of the molecule is C=CCCC(NC(=O)c1sc2ccc(OC)cc2c1C)C(=O)O. The van der Waals surface area contributed by atoms with Gasteiger partial charge in [0.15, 0.2) is 0 Å². The highest BCUT2D eigenvalue weighted by molar-refractivity contribution is 7.21. The Bertz CT molecular complexity index is 750. The maximum absolute atomic E-state index is 12.4. The van der Waals surface area contributed by atoms with Crippen LogP contribution in [0.1, 0.15) is 28.1 Å². The van der Waals surface area contributed by atoms with E-state index in [1.165, 1.54) is 11.3 Å². The van der Waals surface area contributed by atoms with Crippen molar-refractivity contribution < 1.29 is 19.4 Å². The maximum atomic E-state index is 12.4. The number of carboxylic acids is 1. The second kappa shape index (κ2) is 7.28. The van der Waals surface area contributed by atoms with Crippen molar-refractivity contribution in [2.45, 2.75) is 25.8 Å². The van der Waals surface area contributed by atoms with Crippen LogP contribution >= 0.6 is 11.3 Å². The Balaban J connectivity index is 2.28. The molecule has 1 unspecified atom stereocenters. The van der Waals surface area contributed by atoms with Crippen molar-refractivity contribution in [2.75, 3.05) is 7.11 Å². The Kier molecular flexibility index (Phi) is 5.39. The summed E-state index contributed by atoms with van der Waals surface area (Å²) in [5.74, 6) is -0.681. The molecule has 1 aromatic heterocycles. The van der Waals surface area contributed by atoms with E-state index in [1.807, 2.05) is 25.1 Å². The molecule has 5 nitrogen and oxygen atoms in total. The number of carbonyl (C=O) groups excluding carboxylic acids is 1. The predicted octanol–water partition coefficient (Wildman–Crippen LogP) is 3.37. The Morgan fingerprint density at radius 2 is 2.22 bits per heavy atom. The lowest BCUT2D eigenvalue weighted by atomic mass is 10.1. The molecule has 1 aromatic carbocycles. The van der Waals surface area contributed by atoms with Crippen LogP contribution in [0.15, 0.2) is 30.9 Å². The van der Waals surface area contributed by atoms with Gasteiger partial charge in [0.2, 0.25) is 0 Å². The Morgan fingerprint density at radius 1 is 1.48 bits per heavy atom. The summed E-state index contributed by atoms with van der Waals surface area (Å²) in [5, 5.41) is 12.7. The maximum Gasteiger partial charge on any atom is 0.326 e. The number of amides is 1. The van der Waals surface area contributed by atoms with Crippen LogP contribution in [0, 0.1) is 6.92 Å². The molecule has 0 bridgehead atoms. The van der Waals surface area contributed by atoms with Crippen molar-refractivity contribution in [3.05, 3.63) is 41.3 Å². The molecule has 1 amide bonds. The third kappa shape index (κ3) is 3.71. The minimum absolute atomic E-state index is 0.322. The number of carboxylic acid groups (broad SMARTS) is 1. The highest BCUT2D eigenvalue weighted by Crippen LogP contribution is 2.33. The van der Waals surface area contributed by atoms with Crippen molar-refractivity contribution in [1.82, 2.24) is 5.32 Å². The van der Waals surface area contributed by atoms with E-state index in [0.717, 1.165) is 21.4 Å². The largest absolute Gasteiger partial charge is 0.497 e. The summed E-state index contributed by atoms with van der Waals surface area (Å²) in [6.45, 7) is 5.43. The number of rotatable bonds is 7. The minimum atomic E-state index is -1.04. The van der Waals surface area contributed by atoms with Gasteiger partial charge in [0.1, 0.15) is 11.8 Å². The number of thiophene rings is 1. The number of fused-ring (bicyclic) bond motifs is 1. The van der Waals surface area contributed by atoms with Crippen molar-refractivity contribution in [3.63, 3.8) is 0 Å². The number of methoxy groups -OCH3 is 1. The van der Waals surface area contributed by atoms with Gasteiger partial charge in [0.05, 0.1) is 12.0 Å². The summed E-state index contributed by atoms with van der Waals surface area (Å²) in [6.07, 6.45) is 2.49. The van der Waals surface area contributed by atoms with Crippen LogP contribution < -0.4 is 10.1 Å². The molecule has 0 aliphatic carbocycles. The molecule has 6 heteroatoms. The van der Waals surface area contributed by atoms with E-state index < -0.39 is 12.0 Å². The molecule has 2 aromatic rings. The van der Waals surface area contributed by atoms with Crippen LogP contribution in [0.5, 0.6) is 5.75 Å². The molecule has 1 heterocycles. The molecule has 0 aliphatic rings. The number of allylic oxidation sites excluding steroid dienone is 1. The average molecular weight is 333 g/mol. The van der Waals surface area contributed by atoms with Gasteiger partial charge in [-0.25, -0.2) is 4.79 Å². The van der Waals surface area contributed by atoms with Gasteiger partial charge in [-0.3, -0.25) is 4.79 Å². The molecule has 2 N–H and O–H groups in total. The summed E-state index contributed by atoms with van der Waals surface area (Å²) in [4.78, 5) is 24.2. The fourth-order valence-corrected chi connectivity index (χ4v) is 3.40. The summed E-state index contributed by atoms with van der Waals surface area (Å²) >= 11 is 1.35. The van der Waals surface area contributed by atoms with Gasteiger partial charge in [0.25, 0.3) is 5.91 Å². The molecule has 0 spiro atoms. The molecule has 2 rings (SSSR count). The fraction of sp³-hybridized carbons (Fsp3) is 0.294. The van der Waals surface area contributed by atoms with E-state index in [9.17, 15) is 14.7 Å². The minimum Gasteiger partial charge on any atom is -0.497 e. The van der Waals surface area contributed by atoms with Gasteiger partial charge in [0, 0.05) is 4.70 Å². The van der Waals surface area contributed by atoms with Gasteiger partial charge >= 0.3 is 5.97 Å². The van der Waals surface area contributed by atoms with Crippen molar-refractivity contribution >= 4 is 33.3 Å². The first kappa shape index (κ1) is 17.0. The monoisotopic (exact) mass is 333 g/mol. The highest BCUT2D eigenvalue weighted by Gasteiger charge is 2.23. The molecule has 0 saturated heterocycles. The number of nitrogens with one attached hydrogen (secondary N) is 1. The summed E-state index contributed by atoms with van der Waals surface area (Å²) in [7, 11) is 1.59. The predicted molar refractivity (Wildman–Crippen MR) is 91.4 cm³/mol. The molecule has 0 saturated carbocycles. The van der Waals surface area contributed by atoms with Crippen molar-refractivity contribution in [1.29, 1.82) is 0 Å². The smallest absolute Gasteiger partial charge is 0.326 e. The lowest BCUT2D eigenvalue weighted by Crippen LogP contribution is -2.40. The first-order valence-electron chi connectivity index (χ1n) is 7.19. The van der Waals surface area contributed by atoms with Gasteiger partial charge in [-0.05, 0) is 48.9 Å². The Morgan fingerprint density at radius 3 is 2.83 bits per heavy atom. The van der Waals surface area contributed by atoms with Crippen LogP contribution in [0.2, 0.25) is 0 Å². The zero-order valence-corrected chi connectivity index (χ0v) is 13.9. The topological polar surface area (TPSA) is 75.6 Å². The zero-order chi connectivity index (χ0) is 17.0. The number of ether oxygens (including phenoxy) is 1. The normalized spacial score (nSPS) is 11.9. The Labute approximate surface area is 138 Å². The van der Waals surface area contributed by atoms with Crippen LogP contribution in [-0.4, -0.2) is 30.1 Å². The van der Waals surface area contributed by atoms with Gasteiger partial charge in [-0.2, -0.15) is 0 Å². The number of hydrogen-bond donors (Lipinski definition) is 2. The third-order valence-corrected chi connectivity index (χ3v) is 4.88. The van der Waals surface area contributed by atoms with Gasteiger partial charge < -0.3 is 15.2 Å². The van der Waals surface area contributed by atoms with E-state index in [2.05, 4.69) is 11.9 Å². The van der Waals surface area contributed by atoms with Crippen LogP contribution in [-0.2, 0) is 4.79 Å². The lowest BCUT2D eigenvalue weighted by molar-refractivity contribution is -0.139. The summed E-state index contributed by atoms with van der Waals surface area (Å²) < 4.78 is 6.17. The first-order valence-corrected chi connectivity index (χ1v) is 8.01. The van der Waals surface area contributed by atoms with E-state index in [0.29, 0.717) is 17.7 Å². The molecular weight excluding hydrogens is 314 g/mol. The summed E-state index contributed by atoms with van der Waals surface area (Å²) in [6, 6.07) is 4.70. The van der Waals surface area contributed by atoms with Crippen molar-refractivity contribution in [2.24, 2.45) is 0 Å². The standard InChI is InChI=1S/C17H19NO4S/c1-4-5-6-13(17(20)21)18-16(19)15-10(2)12-9-11(22-3)7-8-14(12)23-15/h4,7-9,13H,1,5-6H2,2-3H3,(H,18,19)(H,20,21). The van der Waals surface area contributed by atoms with E-state index in [-0.39, 0.29) is 5.91 Å². The molecule has 0 fully saturated rings. The van der Waals surface area contributed by atoms with Crippen LogP contribution in [0.3, 0.4) is 0 Å². The first-order chi connectivity index (χ1) is 11.0. The zero-order valence-electron chi connectivity index (χ0n) is 13.1. The number of aliphatic carboxylic acids is 1. The molecule has 0 aliphatic heterocycles. The molecule has 1 atom stereocenters. The highest BCUT2D eigenvalue weighted by atomic mass is 32.1. The number of aryl methyl sites for hydroxylation is 1. The molecule has 0 radical (unpaired) electrons. The second-order valence-electron chi connectivity index (χ2n) is 5.15. The second-order valence-corrected chi connectivity index (χ2v) is 6.20. The fourth-order valence-electron chi connectivity index (χ4n) is 2.31. The average Bonchev–Trinajstić information content (AvgIpc) is 2.87. The van der Waals surface area contributed by atoms with Crippen LogP contribution in [0.4, 0.5) is 0 Å². The quantitative estimate of drug-likeness (QED) is 0.762. The van der Waals surface area contributed by atoms with Crippen molar-refractivity contribution in [3.8, 4) is 5.75 Å². The number of hydrogen-bond acceptors (Lipinski definition) is 4. The van der Waals surface area contributed by atoms with E-state index >= 15 is 0 Å². The molecular formula is C17H19NO4S. The molecule has 122 valence electrons. The Hall–Kier alpha value is -2.34. The lowest BCUT2D eigenvalue weighted by Gasteiger charge is -2.13.